The number of hydrogen-bond donors (Lipinski definition) is 1. The third-order valence-corrected chi connectivity index (χ3v) is 6.81. The molecule has 7 nitrogen and oxygen atoms in total. The zero-order chi connectivity index (χ0) is 20.7. The highest BCUT2D eigenvalue weighted by Gasteiger charge is 2.41. The van der Waals surface area contributed by atoms with E-state index in [0.29, 0.717) is 30.6 Å². The molecule has 1 saturated heterocycles. The minimum Gasteiger partial charge on any atom is -0.346 e. The molecule has 0 radical (unpaired) electrons. The van der Waals surface area contributed by atoms with Crippen molar-refractivity contribution >= 4 is 27.5 Å². The molecule has 2 aliphatic heterocycles. The summed E-state index contributed by atoms with van der Waals surface area (Å²) in [5.74, 6) is -1.10. The molecule has 0 bridgehead atoms. The second-order valence-corrected chi connectivity index (χ2v) is 8.71. The lowest BCUT2D eigenvalue weighted by atomic mass is 10.2. The average molecular weight is 419 g/mol. The summed E-state index contributed by atoms with van der Waals surface area (Å²) in [6.45, 7) is 0.438. The summed E-state index contributed by atoms with van der Waals surface area (Å²) in [5, 5.41) is 1.76. The van der Waals surface area contributed by atoms with Gasteiger partial charge in [-0.1, -0.05) is 0 Å². The SMILES string of the molecule is CC(=O)N1CCc2cc(S(=O)(=O)N3CCCC3C(=O)NCC(F)(F)F)ccc21. The highest BCUT2D eigenvalue weighted by Crippen LogP contribution is 2.33. The monoisotopic (exact) mass is 419 g/mol. The molecule has 0 spiro atoms. The van der Waals surface area contributed by atoms with Crippen LogP contribution in [0.5, 0.6) is 0 Å². The number of nitrogens with one attached hydrogen (secondary N) is 1. The Hall–Kier alpha value is -2.14. The Morgan fingerprint density at radius 2 is 1.96 bits per heavy atom. The van der Waals surface area contributed by atoms with Crippen molar-refractivity contribution in [3.63, 3.8) is 0 Å². The number of rotatable bonds is 4. The topological polar surface area (TPSA) is 86.8 Å². The van der Waals surface area contributed by atoms with E-state index in [0.717, 1.165) is 4.31 Å². The molecule has 154 valence electrons. The van der Waals surface area contributed by atoms with Gasteiger partial charge >= 0.3 is 6.18 Å². The normalized spacial score (nSPS) is 20.3. The van der Waals surface area contributed by atoms with Crippen LogP contribution in [0.15, 0.2) is 23.1 Å². The van der Waals surface area contributed by atoms with E-state index in [1.165, 1.54) is 19.1 Å². The van der Waals surface area contributed by atoms with Gasteiger partial charge in [-0.3, -0.25) is 9.59 Å². The Labute approximate surface area is 160 Å². The zero-order valence-corrected chi connectivity index (χ0v) is 15.9. The van der Waals surface area contributed by atoms with E-state index in [1.807, 2.05) is 0 Å². The van der Waals surface area contributed by atoms with E-state index in [9.17, 15) is 31.2 Å². The van der Waals surface area contributed by atoms with Crippen molar-refractivity contribution in [2.24, 2.45) is 0 Å². The Kier molecular flexibility index (Phi) is 5.41. The van der Waals surface area contributed by atoms with Gasteiger partial charge < -0.3 is 10.2 Å². The van der Waals surface area contributed by atoms with Gasteiger partial charge in [-0.05, 0) is 43.0 Å². The summed E-state index contributed by atoms with van der Waals surface area (Å²) >= 11 is 0. The van der Waals surface area contributed by atoms with Crippen molar-refractivity contribution in [1.82, 2.24) is 9.62 Å². The molecule has 0 saturated carbocycles. The number of carbonyl (C=O) groups excluding carboxylic acids is 2. The van der Waals surface area contributed by atoms with Crippen LogP contribution in [0.3, 0.4) is 0 Å². The molecule has 3 rings (SSSR count). The quantitative estimate of drug-likeness (QED) is 0.800. The first kappa shape index (κ1) is 20.6. The number of anilines is 1. The van der Waals surface area contributed by atoms with Crippen molar-refractivity contribution in [1.29, 1.82) is 0 Å². The van der Waals surface area contributed by atoms with Crippen LogP contribution in [-0.2, 0) is 26.0 Å². The molecule has 2 aliphatic rings. The van der Waals surface area contributed by atoms with Gasteiger partial charge in [-0.2, -0.15) is 17.5 Å². The second kappa shape index (κ2) is 7.36. The van der Waals surface area contributed by atoms with Crippen LogP contribution in [0, 0.1) is 0 Å². The van der Waals surface area contributed by atoms with E-state index in [-0.39, 0.29) is 23.8 Å². The third kappa shape index (κ3) is 4.00. The molecule has 0 aliphatic carbocycles. The Balaban J connectivity index is 1.82. The maximum absolute atomic E-state index is 13.0. The highest BCUT2D eigenvalue weighted by molar-refractivity contribution is 7.89. The van der Waals surface area contributed by atoms with Crippen molar-refractivity contribution in [2.45, 2.75) is 43.3 Å². The van der Waals surface area contributed by atoms with E-state index in [1.54, 1.807) is 16.3 Å². The highest BCUT2D eigenvalue weighted by atomic mass is 32.2. The summed E-state index contributed by atoms with van der Waals surface area (Å²) in [6, 6.07) is 3.20. The largest absolute Gasteiger partial charge is 0.405 e. The Morgan fingerprint density at radius 3 is 2.61 bits per heavy atom. The number of carbonyl (C=O) groups is 2. The molecule has 11 heteroatoms. The summed E-state index contributed by atoms with van der Waals surface area (Å²) in [4.78, 5) is 25.3. The molecule has 1 aromatic carbocycles. The van der Waals surface area contributed by atoms with Crippen LogP contribution in [0.2, 0.25) is 0 Å². The third-order valence-electron chi connectivity index (χ3n) is 4.90. The Morgan fingerprint density at radius 1 is 1.25 bits per heavy atom. The lowest BCUT2D eigenvalue weighted by molar-refractivity contribution is -0.140. The number of hydrogen-bond acceptors (Lipinski definition) is 4. The lowest BCUT2D eigenvalue weighted by Gasteiger charge is -2.24. The maximum Gasteiger partial charge on any atom is 0.405 e. The first-order chi connectivity index (χ1) is 13.0. The Bertz CT molecular complexity index is 901. The van der Waals surface area contributed by atoms with Crippen LogP contribution < -0.4 is 10.2 Å². The van der Waals surface area contributed by atoms with Crippen molar-refractivity contribution in [3.8, 4) is 0 Å². The van der Waals surface area contributed by atoms with Gasteiger partial charge in [0.15, 0.2) is 0 Å². The van der Waals surface area contributed by atoms with Crippen LogP contribution in [-0.4, -0.2) is 56.4 Å². The van der Waals surface area contributed by atoms with Gasteiger partial charge in [0.05, 0.1) is 4.90 Å². The predicted octanol–water partition coefficient (Wildman–Crippen LogP) is 1.43. The zero-order valence-electron chi connectivity index (χ0n) is 15.1. The van der Waals surface area contributed by atoms with E-state index in [4.69, 9.17) is 0 Å². The minimum atomic E-state index is -4.57. The molecule has 0 aromatic heterocycles. The fourth-order valence-electron chi connectivity index (χ4n) is 3.60. The molecular formula is C17H20F3N3O4S. The standard InChI is InChI=1S/C17H20F3N3O4S/c1-11(24)22-8-6-12-9-13(4-5-14(12)22)28(26,27)23-7-2-3-15(23)16(25)21-10-17(18,19)20/h4-5,9,15H,2-3,6-8,10H2,1H3,(H,21,25). The van der Waals surface area contributed by atoms with Gasteiger partial charge in [0.1, 0.15) is 12.6 Å². The molecule has 1 N–H and O–H groups in total. The molecule has 1 aromatic rings. The minimum absolute atomic E-state index is 0.0350. The van der Waals surface area contributed by atoms with E-state index < -0.39 is 34.7 Å². The van der Waals surface area contributed by atoms with E-state index in [2.05, 4.69) is 0 Å². The summed E-state index contributed by atoms with van der Waals surface area (Å²) in [6.07, 6.45) is -3.52. The smallest absolute Gasteiger partial charge is 0.346 e. The van der Waals surface area contributed by atoms with Crippen molar-refractivity contribution < 1.29 is 31.2 Å². The molecule has 28 heavy (non-hydrogen) atoms. The van der Waals surface area contributed by atoms with Crippen LogP contribution in [0.1, 0.15) is 25.3 Å². The maximum atomic E-state index is 13.0. The summed E-state index contributed by atoms with van der Waals surface area (Å²) in [5.41, 5.74) is 1.35. The number of amides is 2. The number of fused-ring (bicyclic) bond motifs is 1. The molecule has 1 atom stereocenters. The van der Waals surface area contributed by atoms with Crippen LogP contribution >= 0.6 is 0 Å². The molecular weight excluding hydrogens is 399 g/mol. The van der Waals surface area contributed by atoms with Crippen LogP contribution in [0.4, 0.5) is 18.9 Å². The molecule has 1 unspecified atom stereocenters. The summed E-state index contributed by atoms with van der Waals surface area (Å²) in [7, 11) is -4.06. The van der Waals surface area contributed by atoms with Crippen molar-refractivity contribution in [3.05, 3.63) is 23.8 Å². The van der Waals surface area contributed by atoms with Gasteiger partial charge in [-0.25, -0.2) is 8.42 Å². The fraction of sp³-hybridized carbons (Fsp3) is 0.529. The lowest BCUT2D eigenvalue weighted by Crippen LogP contribution is -2.47. The van der Waals surface area contributed by atoms with Gasteiger partial charge in [-0.15, -0.1) is 0 Å². The van der Waals surface area contributed by atoms with Crippen molar-refractivity contribution in [2.75, 3.05) is 24.5 Å². The number of sulfonamides is 1. The number of halogens is 3. The van der Waals surface area contributed by atoms with Crippen LogP contribution in [0.25, 0.3) is 0 Å². The van der Waals surface area contributed by atoms with Gasteiger partial charge in [0.2, 0.25) is 21.8 Å². The number of benzene rings is 1. The first-order valence-corrected chi connectivity index (χ1v) is 10.2. The fourth-order valence-corrected chi connectivity index (χ4v) is 5.30. The second-order valence-electron chi connectivity index (χ2n) is 6.82. The van der Waals surface area contributed by atoms with E-state index >= 15 is 0 Å². The van der Waals surface area contributed by atoms with Gasteiger partial charge in [0.25, 0.3) is 0 Å². The average Bonchev–Trinajstić information content (AvgIpc) is 3.25. The number of alkyl halides is 3. The molecule has 2 heterocycles. The molecule has 2 amide bonds. The summed E-state index contributed by atoms with van der Waals surface area (Å²) < 4.78 is 64.0. The predicted molar refractivity (Wildman–Crippen MR) is 94.2 cm³/mol. The number of nitrogens with zero attached hydrogens (tertiary/aromatic N) is 2. The van der Waals surface area contributed by atoms with Gasteiger partial charge in [0, 0.05) is 25.7 Å². The molecule has 1 fully saturated rings. The first-order valence-electron chi connectivity index (χ1n) is 8.78.